The van der Waals surface area contributed by atoms with E-state index in [0.29, 0.717) is 11.8 Å². The maximum atomic E-state index is 9.71. The molecular weight excluding hydrogens is 174 g/mol. The zero-order chi connectivity index (χ0) is 10.1. The van der Waals surface area contributed by atoms with E-state index in [-0.39, 0.29) is 0 Å². The van der Waals surface area contributed by atoms with Gasteiger partial charge in [0.2, 0.25) is 0 Å². The summed E-state index contributed by atoms with van der Waals surface area (Å²) in [5.74, 6) is 1.07. The molecule has 0 radical (unpaired) electrons. The van der Waals surface area contributed by atoms with E-state index in [9.17, 15) is 5.11 Å². The van der Waals surface area contributed by atoms with Gasteiger partial charge in [-0.2, -0.15) is 0 Å². The third-order valence-electron chi connectivity index (χ3n) is 2.74. The summed E-state index contributed by atoms with van der Waals surface area (Å²) in [6.07, 6.45) is 2.97. The van der Waals surface area contributed by atoms with Crippen molar-refractivity contribution in [1.82, 2.24) is 0 Å². The molecule has 1 fully saturated rings. The van der Waals surface area contributed by atoms with Crippen molar-refractivity contribution in [3.63, 3.8) is 0 Å². The van der Waals surface area contributed by atoms with E-state index in [0.717, 1.165) is 17.0 Å². The van der Waals surface area contributed by atoms with Gasteiger partial charge in [0, 0.05) is 11.8 Å². The molecule has 2 atom stereocenters. The van der Waals surface area contributed by atoms with E-state index < -0.39 is 0 Å². The molecule has 1 aliphatic rings. The first-order valence-electron chi connectivity index (χ1n) is 5.00. The summed E-state index contributed by atoms with van der Waals surface area (Å²) in [5.41, 5.74) is 1.72. The van der Waals surface area contributed by atoms with Crippen molar-refractivity contribution in [2.24, 2.45) is 10.9 Å². The average molecular weight is 189 g/mol. The van der Waals surface area contributed by atoms with Crippen molar-refractivity contribution in [2.75, 3.05) is 0 Å². The standard InChI is InChI=1S/C12H15NO/c1-8-4-3-5-10(12(8)14)7-13-11-6-9(11)2/h3-5,7,9,11,14H,6H2,1-2H3. The lowest BCUT2D eigenvalue weighted by Gasteiger charge is -2.01. The van der Waals surface area contributed by atoms with Crippen LogP contribution in [0.4, 0.5) is 0 Å². The molecular formula is C12H15NO. The number of aryl methyl sites for hydroxylation is 1. The SMILES string of the molecule is Cc1cccc(C=NC2CC2C)c1O. The topological polar surface area (TPSA) is 32.6 Å². The van der Waals surface area contributed by atoms with Gasteiger partial charge in [-0.25, -0.2) is 0 Å². The van der Waals surface area contributed by atoms with Crippen LogP contribution < -0.4 is 0 Å². The number of hydrogen-bond donors (Lipinski definition) is 1. The minimum Gasteiger partial charge on any atom is -0.507 e. The number of phenols is 1. The molecule has 2 rings (SSSR count). The smallest absolute Gasteiger partial charge is 0.127 e. The molecule has 0 spiro atoms. The van der Waals surface area contributed by atoms with Gasteiger partial charge in [0.1, 0.15) is 5.75 Å². The van der Waals surface area contributed by atoms with Gasteiger partial charge in [0.15, 0.2) is 0 Å². The summed E-state index contributed by atoms with van der Waals surface area (Å²) < 4.78 is 0. The highest BCUT2D eigenvalue weighted by Crippen LogP contribution is 2.33. The summed E-state index contributed by atoms with van der Waals surface area (Å²) in [5, 5.41) is 9.71. The first-order valence-corrected chi connectivity index (χ1v) is 5.00. The van der Waals surface area contributed by atoms with Crippen LogP contribution >= 0.6 is 0 Å². The number of phenolic OH excluding ortho intramolecular Hbond substituents is 1. The molecule has 1 N–H and O–H groups in total. The second-order valence-electron chi connectivity index (χ2n) is 4.07. The summed E-state index contributed by atoms with van der Waals surface area (Å²) in [6.45, 7) is 4.09. The van der Waals surface area contributed by atoms with Gasteiger partial charge in [-0.3, -0.25) is 4.99 Å². The first-order chi connectivity index (χ1) is 6.68. The van der Waals surface area contributed by atoms with Crippen molar-refractivity contribution >= 4 is 6.21 Å². The molecule has 2 nitrogen and oxygen atoms in total. The number of aliphatic imine (C=N–C) groups is 1. The van der Waals surface area contributed by atoms with E-state index >= 15 is 0 Å². The van der Waals surface area contributed by atoms with Gasteiger partial charge in [-0.15, -0.1) is 0 Å². The minimum absolute atomic E-state index is 0.351. The third kappa shape index (κ3) is 1.79. The van der Waals surface area contributed by atoms with E-state index in [1.54, 1.807) is 6.21 Å². The second-order valence-corrected chi connectivity index (χ2v) is 4.07. The number of hydrogen-bond acceptors (Lipinski definition) is 2. The summed E-state index contributed by atoms with van der Waals surface area (Å²) in [6, 6.07) is 6.20. The number of para-hydroxylation sites is 1. The lowest BCUT2D eigenvalue weighted by Crippen LogP contribution is -1.87. The zero-order valence-corrected chi connectivity index (χ0v) is 8.57. The molecule has 1 aromatic rings. The molecule has 1 aromatic carbocycles. The Labute approximate surface area is 84.3 Å². The first kappa shape index (κ1) is 9.25. The molecule has 0 saturated heterocycles. The van der Waals surface area contributed by atoms with Crippen LogP contribution in [0.2, 0.25) is 0 Å². The monoisotopic (exact) mass is 189 g/mol. The van der Waals surface area contributed by atoms with Crippen LogP contribution in [0.3, 0.4) is 0 Å². The summed E-state index contributed by atoms with van der Waals surface area (Å²) >= 11 is 0. The Morgan fingerprint density at radius 3 is 2.86 bits per heavy atom. The molecule has 0 heterocycles. The Balaban J connectivity index is 2.16. The van der Waals surface area contributed by atoms with Crippen molar-refractivity contribution in [1.29, 1.82) is 0 Å². The molecule has 0 amide bonds. The molecule has 1 saturated carbocycles. The molecule has 0 bridgehead atoms. The largest absolute Gasteiger partial charge is 0.507 e. The number of aromatic hydroxyl groups is 1. The van der Waals surface area contributed by atoms with Crippen LogP contribution in [-0.2, 0) is 0 Å². The lowest BCUT2D eigenvalue weighted by molar-refractivity contribution is 0.470. The Hall–Kier alpha value is -1.31. The van der Waals surface area contributed by atoms with Crippen molar-refractivity contribution < 1.29 is 5.11 Å². The number of benzene rings is 1. The Kier molecular flexibility index (Phi) is 2.28. The number of rotatable bonds is 2. The van der Waals surface area contributed by atoms with Gasteiger partial charge in [0.05, 0.1) is 6.04 Å². The highest BCUT2D eigenvalue weighted by atomic mass is 16.3. The Morgan fingerprint density at radius 1 is 1.50 bits per heavy atom. The number of nitrogens with zero attached hydrogens (tertiary/aromatic N) is 1. The normalized spacial score (nSPS) is 25.6. The second kappa shape index (κ2) is 3.45. The van der Waals surface area contributed by atoms with Crippen LogP contribution in [0.5, 0.6) is 5.75 Å². The van der Waals surface area contributed by atoms with E-state index in [1.165, 1.54) is 6.42 Å². The predicted octanol–water partition coefficient (Wildman–Crippen LogP) is 2.53. The van der Waals surface area contributed by atoms with Crippen LogP contribution in [-0.4, -0.2) is 17.4 Å². The van der Waals surface area contributed by atoms with E-state index in [1.807, 2.05) is 25.1 Å². The van der Waals surface area contributed by atoms with E-state index in [2.05, 4.69) is 11.9 Å². The zero-order valence-electron chi connectivity index (χ0n) is 8.57. The van der Waals surface area contributed by atoms with E-state index in [4.69, 9.17) is 0 Å². The van der Waals surface area contributed by atoms with Crippen LogP contribution in [0, 0.1) is 12.8 Å². The van der Waals surface area contributed by atoms with Crippen molar-refractivity contribution in [3.05, 3.63) is 29.3 Å². The highest BCUT2D eigenvalue weighted by Gasteiger charge is 2.31. The lowest BCUT2D eigenvalue weighted by atomic mass is 10.1. The van der Waals surface area contributed by atoms with Gasteiger partial charge in [0.25, 0.3) is 0 Å². The fourth-order valence-electron chi connectivity index (χ4n) is 1.47. The molecule has 0 aromatic heterocycles. The van der Waals surface area contributed by atoms with Gasteiger partial charge in [-0.05, 0) is 30.9 Å². The highest BCUT2D eigenvalue weighted by molar-refractivity contribution is 5.84. The molecule has 2 unspecified atom stereocenters. The summed E-state index contributed by atoms with van der Waals surface area (Å²) in [7, 11) is 0. The fourth-order valence-corrected chi connectivity index (χ4v) is 1.47. The molecule has 2 heteroatoms. The quantitative estimate of drug-likeness (QED) is 0.712. The molecule has 74 valence electrons. The Morgan fingerprint density at radius 2 is 2.21 bits per heavy atom. The fraction of sp³-hybridized carbons (Fsp3) is 0.417. The molecule has 1 aliphatic carbocycles. The van der Waals surface area contributed by atoms with Crippen LogP contribution in [0.15, 0.2) is 23.2 Å². The molecule has 14 heavy (non-hydrogen) atoms. The molecule has 0 aliphatic heterocycles. The predicted molar refractivity (Wildman–Crippen MR) is 58.0 cm³/mol. The average Bonchev–Trinajstić information content (AvgIpc) is 2.85. The van der Waals surface area contributed by atoms with Crippen LogP contribution in [0.1, 0.15) is 24.5 Å². The van der Waals surface area contributed by atoms with Crippen molar-refractivity contribution in [2.45, 2.75) is 26.3 Å². The maximum absolute atomic E-state index is 9.71. The summed E-state index contributed by atoms with van der Waals surface area (Å²) in [4.78, 5) is 4.40. The maximum Gasteiger partial charge on any atom is 0.127 e. The van der Waals surface area contributed by atoms with Gasteiger partial charge in [-0.1, -0.05) is 19.1 Å². The van der Waals surface area contributed by atoms with Gasteiger partial charge >= 0.3 is 0 Å². The Bertz CT molecular complexity index is 371. The third-order valence-corrected chi connectivity index (χ3v) is 2.74. The minimum atomic E-state index is 0.351. The van der Waals surface area contributed by atoms with Gasteiger partial charge < -0.3 is 5.11 Å². The van der Waals surface area contributed by atoms with Crippen molar-refractivity contribution in [3.8, 4) is 5.75 Å². The van der Waals surface area contributed by atoms with Crippen LogP contribution in [0.25, 0.3) is 0 Å².